The Morgan fingerprint density at radius 2 is 1.58 bits per heavy atom. The second-order valence-electron chi connectivity index (χ2n) is 5.83. The Kier molecular flexibility index (Phi) is 7.57. The fourth-order valence-corrected chi connectivity index (χ4v) is 2.74. The maximum Gasteiger partial charge on any atom is 0.119 e. The van der Waals surface area contributed by atoms with Crippen LogP contribution in [-0.2, 0) is 0 Å². The van der Waals surface area contributed by atoms with Crippen LogP contribution in [0.1, 0.15) is 38.3 Å². The van der Waals surface area contributed by atoms with E-state index in [1.54, 1.807) is 0 Å². The normalized spacial score (nSPS) is 11.8. The summed E-state index contributed by atoms with van der Waals surface area (Å²) in [5.74, 6) is 0.945. The number of rotatable bonds is 9. The summed E-state index contributed by atoms with van der Waals surface area (Å²) in [6.45, 7) is 10.4. The molecular weight excluding hydrogens is 294 g/mol. The van der Waals surface area contributed by atoms with Gasteiger partial charge in [0.2, 0.25) is 0 Å². The van der Waals surface area contributed by atoms with Crippen LogP contribution in [-0.4, -0.2) is 31.1 Å². The minimum atomic E-state index is 0.738. The van der Waals surface area contributed by atoms with E-state index in [-0.39, 0.29) is 0 Å². The summed E-state index contributed by atoms with van der Waals surface area (Å²) in [6.07, 6.45) is 3.27. The van der Waals surface area contributed by atoms with Gasteiger partial charge in [-0.1, -0.05) is 69.3 Å². The molecule has 0 bridgehead atoms. The SMILES string of the molecule is CC/C(=C\c1ccccc1)c1ccc(OCCN(CC)CC)cc1. The number of likely N-dealkylation sites (N-methyl/N-ethyl adjacent to an activating group) is 1. The summed E-state index contributed by atoms with van der Waals surface area (Å²) < 4.78 is 5.87. The molecule has 2 aromatic carbocycles. The Balaban J connectivity index is 1.98. The second-order valence-corrected chi connectivity index (χ2v) is 5.83. The van der Waals surface area contributed by atoms with Gasteiger partial charge >= 0.3 is 0 Å². The van der Waals surface area contributed by atoms with Crippen LogP contribution in [0.15, 0.2) is 54.6 Å². The lowest BCUT2D eigenvalue weighted by Crippen LogP contribution is -2.27. The third kappa shape index (κ3) is 5.54. The molecule has 2 rings (SSSR count). The molecule has 2 aromatic rings. The van der Waals surface area contributed by atoms with E-state index >= 15 is 0 Å². The molecule has 0 aliphatic rings. The average Bonchev–Trinajstić information content (AvgIpc) is 2.65. The third-order valence-corrected chi connectivity index (χ3v) is 4.32. The fraction of sp³-hybridized carbons (Fsp3) is 0.364. The smallest absolute Gasteiger partial charge is 0.119 e. The lowest BCUT2D eigenvalue weighted by Gasteiger charge is -2.18. The van der Waals surface area contributed by atoms with Gasteiger partial charge in [0.15, 0.2) is 0 Å². The zero-order chi connectivity index (χ0) is 17.2. The molecule has 0 aliphatic heterocycles. The van der Waals surface area contributed by atoms with E-state index in [0.29, 0.717) is 0 Å². The van der Waals surface area contributed by atoms with Crippen molar-refractivity contribution in [2.24, 2.45) is 0 Å². The lowest BCUT2D eigenvalue weighted by molar-refractivity contribution is 0.223. The minimum absolute atomic E-state index is 0.738. The number of hydrogen-bond acceptors (Lipinski definition) is 2. The molecule has 0 amide bonds. The van der Waals surface area contributed by atoms with E-state index in [1.165, 1.54) is 16.7 Å². The highest BCUT2D eigenvalue weighted by atomic mass is 16.5. The summed E-state index contributed by atoms with van der Waals surface area (Å²) in [4.78, 5) is 2.37. The van der Waals surface area contributed by atoms with Crippen molar-refractivity contribution in [3.8, 4) is 5.75 Å². The highest BCUT2D eigenvalue weighted by Crippen LogP contribution is 2.23. The average molecular weight is 323 g/mol. The van der Waals surface area contributed by atoms with Crippen molar-refractivity contribution in [3.05, 3.63) is 65.7 Å². The molecule has 0 heterocycles. The molecule has 0 saturated carbocycles. The van der Waals surface area contributed by atoms with E-state index in [0.717, 1.165) is 38.4 Å². The highest BCUT2D eigenvalue weighted by molar-refractivity contribution is 5.81. The largest absolute Gasteiger partial charge is 0.492 e. The Bertz CT molecular complexity index is 612. The molecular formula is C22H29NO. The van der Waals surface area contributed by atoms with Gasteiger partial charge in [-0.3, -0.25) is 0 Å². The van der Waals surface area contributed by atoms with Crippen LogP contribution in [0.4, 0.5) is 0 Å². The molecule has 0 fully saturated rings. The Labute approximate surface area is 146 Å². The van der Waals surface area contributed by atoms with E-state index in [2.05, 4.69) is 80.3 Å². The molecule has 0 saturated heterocycles. The first-order valence-corrected chi connectivity index (χ1v) is 8.98. The van der Waals surface area contributed by atoms with Gasteiger partial charge < -0.3 is 9.64 Å². The van der Waals surface area contributed by atoms with E-state index in [4.69, 9.17) is 4.74 Å². The zero-order valence-electron chi connectivity index (χ0n) is 15.2. The van der Waals surface area contributed by atoms with Gasteiger partial charge in [-0.2, -0.15) is 0 Å². The quantitative estimate of drug-likeness (QED) is 0.576. The van der Waals surface area contributed by atoms with Gasteiger partial charge in [-0.15, -0.1) is 0 Å². The summed E-state index contributed by atoms with van der Waals surface area (Å²) in [7, 11) is 0. The summed E-state index contributed by atoms with van der Waals surface area (Å²) in [6, 6.07) is 18.9. The number of nitrogens with zero attached hydrogens (tertiary/aromatic N) is 1. The van der Waals surface area contributed by atoms with Crippen molar-refractivity contribution in [2.45, 2.75) is 27.2 Å². The fourth-order valence-electron chi connectivity index (χ4n) is 2.74. The monoisotopic (exact) mass is 323 g/mol. The van der Waals surface area contributed by atoms with Crippen molar-refractivity contribution in [2.75, 3.05) is 26.2 Å². The van der Waals surface area contributed by atoms with Gasteiger partial charge in [-0.05, 0) is 48.3 Å². The Morgan fingerprint density at radius 3 is 2.17 bits per heavy atom. The highest BCUT2D eigenvalue weighted by Gasteiger charge is 2.02. The number of benzene rings is 2. The van der Waals surface area contributed by atoms with Crippen LogP contribution in [0.25, 0.3) is 11.6 Å². The Morgan fingerprint density at radius 1 is 0.917 bits per heavy atom. The first kappa shape index (κ1) is 18.3. The maximum absolute atomic E-state index is 5.87. The second kappa shape index (κ2) is 9.94. The molecule has 0 radical (unpaired) electrons. The number of ether oxygens (including phenoxy) is 1. The van der Waals surface area contributed by atoms with Crippen LogP contribution < -0.4 is 4.74 Å². The summed E-state index contributed by atoms with van der Waals surface area (Å²) >= 11 is 0. The molecule has 128 valence electrons. The van der Waals surface area contributed by atoms with Crippen molar-refractivity contribution in [1.29, 1.82) is 0 Å². The van der Waals surface area contributed by atoms with Crippen molar-refractivity contribution < 1.29 is 4.74 Å². The molecule has 24 heavy (non-hydrogen) atoms. The molecule has 0 N–H and O–H groups in total. The van der Waals surface area contributed by atoms with E-state index < -0.39 is 0 Å². The lowest BCUT2D eigenvalue weighted by atomic mass is 10.0. The van der Waals surface area contributed by atoms with Crippen molar-refractivity contribution >= 4 is 11.6 Å². The van der Waals surface area contributed by atoms with Crippen molar-refractivity contribution in [1.82, 2.24) is 4.90 Å². The predicted octanol–water partition coefficient (Wildman–Crippen LogP) is 5.36. The van der Waals surface area contributed by atoms with Gasteiger partial charge in [0.05, 0.1) is 0 Å². The minimum Gasteiger partial charge on any atom is -0.492 e. The van der Waals surface area contributed by atoms with Gasteiger partial charge in [0.25, 0.3) is 0 Å². The predicted molar refractivity (Wildman–Crippen MR) is 104 cm³/mol. The molecule has 2 heteroatoms. The van der Waals surface area contributed by atoms with Crippen LogP contribution >= 0.6 is 0 Å². The standard InChI is InChI=1S/C22H29NO/c1-4-20(18-19-10-8-7-9-11-19)21-12-14-22(15-13-21)24-17-16-23(5-2)6-3/h7-15,18H,4-6,16-17H2,1-3H3/b20-18+. The van der Waals surface area contributed by atoms with E-state index in [9.17, 15) is 0 Å². The molecule has 0 atom stereocenters. The molecule has 2 nitrogen and oxygen atoms in total. The topological polar surface area (TPSA) is 12.5 Å². The first-order valence-electron chi connectivity index (χ1n) is 8.98. The number of allylic oxidation sites excluding steroid dienone is 1. The zero-order valence-corrected chi connectivity index (χ0v) is 15.2. The molecule has 0 aliphatic carbocycles. The summed E-state index contributed by atoms with van der Waals surface area (Å²) in [5.41, 5.74) is 3.85. The van der Waals surface area contributed by atoms with Gasteiger partial charge in [-0.25, -0.2) is 0 Å². The first-order chi connectivity index (χ1) is 11.8. The Hall–Kier alpha value is -2.06. The van der Waals surface area contributed by atoms with E-state index in [1.807, 2.05) is 6.07 Å². The van der Waals surface area contributed by atoms with Crippen LogP contribution in [0.3, 0.4) is 0 Å². The van der Waals surface area contributed by atoms with Crippen LogP contribution in [0.2, 0.25) is 0 Å². The molecule has 0 unspecified atom stereocenters. The summed E-state index contributed by atoms with van der Waals surface area (Å²) in [5, 5.41) is 0. The molecule has 0 aromatic heterocycles. The van der Waals surface area contributed by atoms with Crippen LogP contribution in [0, 0.1) is 0 Å². The third-order valence-electron chi connectivity index (χ3n) is 4.32. The maximum atomic E-state index is 5.87. The molecule has 0 spiro atoms. The van der Waals surface area contributed by atoms with Crippen molar-refractivity contribution in [3.63, 3.8) is 0 Å². The van der Waals surface area contributed by atoms with Gasteiger partial charge in [0.1, 0.15) is 12.4 Å². The number of hydrogen-bond donors (Lipinski definition) is 0. The van der Waals surface area contributed by atoms with Crippen LogP contribution in [0.5, 0.6) is 5.75 Å². The van der Waals surface area contributed by atoms with Gasteiger partial charge in [0, 0.05) is 6.54 Å².